The van der Waals surface area contributed by atoms with E-state index in [2.05, 4.69) is 10.3 Å². The van der Waals surface area contributed by atoms with Crippen molar-refractivity contribution < 1.29 is 4.42 Å². The predicted octanol–water partition coefficient (Wildman–Crippen LogP) is 2.37. The summed E-state index contributed by atoms with van der Waals surface area (Å²) >= 11 is 0. The van der Waals surface area contributed by atoms with Crippen LogP contribution in [0.25, 0.3) is 0 Å². The van der Waals surface area contributed by atoms with Gasteiger partial charge in [-0.05, 0) is 12.8 Å². The van der Waals surface area contributed by atoms with Crippen LogP contribution in [-0.2, 0) is 0 Å². The molecule has 1 saturated carbocycles. The van der Waals surface area contributed by atoms with Crippen LogP contribution in [-0.4, -0.2) is 12.0 Å². The molecule has 1 heterocycles. The lowest BCUT2D eigenvalue weighted by Crippen LogP contribution is -1.93. The van der Waals surface area contributed by atoms with Gasteiger partial charge in [-0.15, -0.1) is 0 Å². The number of aromatic nitrogens is 1. The molecule has 66 valence electrons. The van der Waals surface area contributed by atoms with Crippen LogP contribution in [0.5, 0.6) is 0 Å². The van der Waals surface area contributed by atoms with Crippen LogP contribution < -0.4 is 5.32 Å². The molecule has 0 atom stereocenters. The highest BCUT2D eigenvalue weighted by molar-refractivity contribution is 5.21. The zero-order valence-electron chi connectivity index (χ0n) is 7.34. The van der Waals surface area contributed by atoms with Crippen molar-refractivity contribution in [3.63, 3.8) is 0 Å². The minimum atomic E-state index is 0.636. The number of anilines is 1. The summed E-state index contributed by atoms with van der Waals surface area (Å²) in [7, 11) is 1.82. The van der Waals surface area contributed by atoms with Crippen molar-refractivity contribution in [1.29, 1.82) is 0 Å². The highest BCUT2D eigenvalue weighted by Crippen LogP contribution is 2.33. The molecule has 0 radical (unpaired) electrons. The van der Waals surface area contributed by atoms with Crippen LogP contribution in [0.4, 0.5) is 6.01 Å². The highest BCUT2D eigenvalue weighted by Gasteiger charge is 2.20. The third kappa shape index (κ3) is 1.31. The normalized spacial score (nSPS) is 18.4. The summed E-state index contributed by atoms with van der Waals surface area (Å²) in [5.74, 6) is 0.649. The Labute approximate surface area is 72.2 Å². The maximum Gasteiger partial charge on any atom is 0.294 e. The van der Waals surface area contributed by atoms with Gasteiger partial charge in [0.15, 0.2) is 0 Å². The fourth-order valence-electron chi connectivity index (χ4n) is 1.81. The molecular formula is C9H14N2O. The van der Waals surface area contributed by atoms with Crippen LogP contribution in [0, 0.1) is 0 Å². The van der Waals surface area contributed by atoms with E-state index in [1.54, 1.807) is 6.26 Å². The van der Waals surface area contributed by atoms with Crippen LogP contribution in [0.1, 0.15) is 37.3 Å². The molecular weight excluding hydrogens is 152 g/mol. The van der Waals surface area contributed by atoms with Gasteiger partial charge in [0.1, 0.15) is 6.26 Å². The van der Waals surface area contributed by atoms with Crippen LogP contribution >= 0.6 is 0 Å². The summed E-state index contributed by atoms with van der Waals surface area (Å²) in [6.45, 7) is 0. The van der Waals surface area contributed by atoms with E-state index < -0.39 is 0 Å². The first-order valence-electron chi connectivity index (χ1n) is 4.53. The van der Waals surface area contributed by atoms with Gasteiger partial charge in [-0.2, -0.15) is 4.98 Å². The van der Waals surface area contributed by atoms with Crippen molar-refractivity contribution in [2.45, 2.75) is 31.6 Å². The van der Waals surface area contributed by atoms with Crippen LogP contribution in [0.3, 0.4) is 0 Å². The quantitative estimate of drug-likeness (QED) is 0.733. The highest BCUT2D eigenvalue weighted by atomic mass is 16.4. The topological polar surface area (TPSA) is 38.1 Å². The van der Waals surface area contributed by atoms with Gasteiger partial charge in [-0.1, -0.05) is 12.8 Å². The molecule has 3 nitrogen and oxygen atoms in total. The van der Waals surface area contributed by atoms with E-state index in [0.717, 1.165) is 5.69 Å². The first-order valence-corrected chi connectivity index (χ1v) is 4.53. The Bertz CT molecular complexity index is 251. The minimum absolute atomic E-state index is 0.636. The smallest absolute Gasteiger partial charge is 0.294 e. The number of nitrogens with zero attached hydrogens (tertiary/aromatic N) is 1. The van der Waals surface area contributed by atoms with Crippen molar-refractivity contribution in [3.8, 4) is 0 Å². The Morgan fingerprint density at radius 1 is 1.50 bits per heavy atom. The van der Waals surface area contributed by atoms with E-state index in [4.69, 9.17) is 4.42 Å². The zero-order valence-corrected chi connectivity index (χ0v) is 7.34. The lowest BCUT2D eigenvalue weighted by atomic mass is 10.1. The van der Waals surface area contributed by atoms with Gasteiger partial charge in [0.05, 0.1) is 5.69 Å². The molecule has 1 N–H and O–H groups in total. The molecule has 0 aromatic carbocycles. The molecule has 1 aromatic rings. The molecule has 0 aliphatic heterocycles. The SMILES string of the molecule is CNc1nc(C2CCCC2)co1. The Morgan fingerprint density at radius 2 is 2.25 bits per heavy atom. The summed E-state index contributed by atoms with van der Waals surface area (Å²) in [5, 5.41) is 2.89. The molecule has 3 heteroatoms. The van der Waals surface area contributed by atoms with E-state index >= 15 is 0 Å². The monoisotopic (exact) mass is 166 g/mol. The molecule has 0 spiro atoms. The van der Waals surface area contributed by atoms with Gasteiger partial charge in [0.2, 0.25) is 0 Å². The van der Waals surface area contributed by atoms with E-state index in [0.29, 0.717) is 11.9 Å². The summed E-state index contributed by atoms with van der Waals surface area (Å²) < 4.78 is 5.20. The average molecular weight is 166 g/mol. The second kappa shape index (κ2) is 3.17. The Balaban J connectivity index is 2.11. The first-order chi connectivity index (χ1) is 5.90. The summed E-state index contributed by atoms with van der Waals surface area (Å²) in [5.41, 5.74) is 1.12. The van der Waals surface area contributed by atoms with Gasteiger partial charge >= 0.3 is 0 Å². The van der Waals surface area contributed by atoms with E-state index in [1.807, 2.05) is 7.05 Å². The van der Waals surface area contributed by atoms with Crippen LogP contribution in [0.2, 0.25) is 0 Å². The van der Waals surface area contributed by atoms with Gasteiger partial charge in [0.25, 0.3) is 6.01 Å². The maximum atomic E-state index is 5.20. The summed E-state index contributed by atoms with van der Waals surface area (Å²) in [6, 6.07) is 0.636. The summed E-state index contributed by atoms with van der Waals surface area (Å²) in [4.78, 5) is 4.33. The average Bonchev–Trinajstić information content (AvgIpc) is 2.75. The van der Waals surface area contributed by atoms with Crippen molar-refractivity contribution >= 4 is 6.01 Å². The molecule has 12 heavy (non-hydrogen) atoms. The van der Waals surface area contributed by atoms with E-state index in [9.17, 15) is 0 Å². The third-order valence-corrected chi connectivity index (χ3v) is 2.51. The van der Waals surface area contributed by atoms with Crippen molar-refractivity contribution in [1.82, 2.24) is 4.98 Å². The molecule has 1 aromatic heterocycles. The zero-order chi connectivity index (χ0) is 8.39. The number of hydrogen-bond acceptors (Lipinski definition) is 3. The van der Waals surface area contributed by atoms with Gasteiger partial charge in [-0.3, -0.25) is 0 Å². The maximum absolute atomic E-state index is 5.20. The number of nitrogens with one attached hydrogen (secondary N) is 1. The molecule has 1 aliphatic carbocycles. The number of oxazole rings is 1. The standard InChI is InChI=1S/C9H14N2O/c1-10-9-11-8(6-12-9)7-4-2-3-5-7/h6-7H,2-5H2,1H3,(H,10,11). The molecule has 1 fully saturated rings. The van der Waals surface area contributed by atoms with E-state index in [-0.39, 0.29) is 0 Å². The second-order valence-electron chi connectivity index (χ2n) is 3.31. The molecule has 0 bridgehead atoms. The predicted molar refractivity (Wildman–Crippen MR) is 47.3 cm³/mol. The minimum Gasteiger partial charge on any atom is -0.432 e. The van der Waals surface area contributed by atoms with Gasteiger partial charge in [-0.25, -0.2) is 0 Å². The number of hydrogen-bond donors (Lipinski definition) is 1. The number of rotatable bonds is 2. The molecule has 0 saturated heterocycles. The van der Waals surface area contributed by atoms with Crippen molar-refractivity contribution in [3.05, 3.63) is 12.0 Å². The van der Waals surface area contributed by atoms with Gasteiger partial charge in [0, 0.05) is 13.0 Å². The third-order valence-electron chi connectivity index (χ3n) is 2.51. The lowest BCUT2D eigenvalue weighted by molar-refractivity contribution is 0.569. The Morgan fingerprint density at radius 3 is 2.83 bits per heavy atom. The van der Waals surface area contributed by atoms with Crippen LogP contribution in [0.15, 0.2) is 10.7 Å². The van der Waals surface area contributed by atoms with Gasteiger partial charge < -0.3 is 9.73 Å². The largest absolute Gasteiger partial charge is 0.432 e. The Hall–Kier alpha value is -0.990. The lowest BCUT2D eigenvalue weighted by Gasteiger charge is -2.01. The fraction of sp³-hybridized carbons (Fsp3) is 0.667. The summed E-state index contributed by atoms with van der Waals surface area (Å²) in [6.07, 6.45) is 7.01. The van der Waals surface area contributed by atoms with E-state index in [1.165, 1.54) is 25.7 Å². The second-order valence-corrected chi connectivity index (χ2v) is 3.31. The van der Waals surface area contributed by atoms with Crippen molar-refractivity contribution in [2.24, 2.45) is 0 Å². The van der Waals surface area contributed by atoms with Crippen molar-refractivity contribution in [2.75, 3.05) is 12.4 Å². The first kappa shape index (κ1) is 7.65. The Kier molecular flexibility index (Phi) is 2.02. The molecule has 0 unspecified atom stereocenters. The fourth-order valence-corrected chi connectivity index (χ4v) is 1.81. The molecule has 1 aliphatic rings. The molecule has 0 amide bonds. The molecule has 2 rings (SSSR count).